The first kappa shape index (κ1) is 19.0. The van der Waals surface area contributed by atoms with E-state index in [0.717, 1.165) is 0 Å². The molecule has 0 saturated carbocycles. The van der Waals surface area contributed by atoms with Crippen LogP contribution in [0.25, 0.3) is 0 Å². The first-order valence-electron chi connectivity index (χ1n) is 7.70. The summed E-state index contributed by atoms with van der Waals surface area (Å²) < 4.78 is 18.5. The van der Waals surface area contributed by atoms with Crippen molar-refractivity contribution >= 4 is 29.4 Å². The van der Waals surface area contributed by atoms with Crippen LogP contribution in [0.3, 0.4) is 0 Å². The average molecular weight is 365 g/mol. The lowest BCUT2D eigenvalue weighted by atomic mass is 10.2. The maximum absolute atomic E-state index is 13.6. The Morgan fingerprint density at radius 3 is 2.76 bits per heavy atom. The zero-order valence-electron chi connectivity index (χ0n) is 14.3. The number of rotatable bonds is 7. The lowest BCUT2D eigenvalue weighted by Gasteiger charge is -2.18. The predicted octanol–water partition coefficient (Wildman–Crippen LogP) is 2.84. The largest absolute Gasteiger partial charge is 0.360 e. The smallest absolute Gasteiger partial charge is 0.238 e. The molecule has 1 heterocycles. The van der Waals surface area contributed by atoms with Gasteiger partial charge in [-0.3, -0.25) is 9.59 Å². The van der Waals surface area contributed by atoms with E-state index in [1.165, 1.54) is 22.7 Å². The molecule has 25 heavy (non-hydrogen) atoms. The first-order chi connectivity index (χ1) is 11.9. The van der Waals surface area contributed by atoms with Gasteiger partial charge >= 0.3 is 0 Å². The molecule has 0 aliphatic heterocycles. The quantitative estimate of drug-likeness (QED) is 0.817. The van der Waals surface area contributed by atoms with Gasteiger partial charge in [-0.1, -0.05) is 23.4 Å². The van der Waals surface area contributed by atoms with Gasteiger partial charge in [0.15, 0.2) is 5.82 Å². The number of hydrogen-bond donors (Lipinski definition) is 1. The van der Waals surface area contributed by atoms with Crippen molar-refractivity contribution in [2.45, 2.75) is 25.6 Å². The molecule has 8 heteroatoms. The molecule has 2 amide bonds. The Morgan fingerprint density at radius 2 is 2.12 bits per heavy atom. The highest BCUT2D eigenvalue weighted by molar-refractivity contribution is 8.01. The van der Waals surface area contributed by atoms with Gasteiger partial charge in [-0.25, -0.2) is 4.39 Å². The number of carbonyl (C=O) groups is 2. The number of thioether (sulfide) groups is 1. The summed E-state index contributed by atoms with van der Waals surface area (Å²) in [5.41, 5.74) is 0.454. The summed E-state index contributed by atoms with van der Waals surface area (Å²) in [7, 11) is 1.61. The Bertz CT molecular complexity index is 750. The lowest BCUT2D eigenvalue weighted by Crippen LogP contribution is -2.30. The Balaban J connectivity index is 1.80. The number of hydrogen-bond acceptors (Lipinski definition) is 5. The number of anilines is 1. The summed E-state index contributed by atoms with van der Waals surface area (Å²) in [6.07, 6.45) is 0. The SMILES string of the molecule is Cc1cc(NC(=O)[C@H](C)SCC(=O)N(C)Cc2ccccc2F)no1. The van der Waals surface area contributed by atoms with Crippen LogP contribution >= 0.6 is 11.8 Å². The molecular weight excluding hydrogens is 345 g/mol. The van der Waals surface area contributed by atoms with Crippen molar-refractivity contribution in [1.29, 1.82) is 0 Å². The van der Waals surface area contributed by atoms with Crippen LogP contribution in [0, 0.1) is 12.7 Å². The molecule has 0 aliphatic rings. The molecule has 1 aromatic heterocycles. The minimum absolute atomic E-state index is 0.122. The Labute approximate surface area is 149 Å². The maximum atomic E-state index is 13.6. The summed E-state index contributed by atoms with van der Waals surface area (Å²) in [6.45, 7) is 3.62. The van der Waals surface area contributed by atoms with Gasteiger partial charge in [0.2, 0.25) is 11.8 Å². The fraction of sp³-hybridized carbons (Fsp3) is 0.353. The molecule has 0 fully saturated rings. The van der Waals surface area contributed by atoms with E-state index in [4.69, 9.17) is 4.52 Å². The third kappa shape index (κ3) is 5.60. The van der Waals surface area contributed by atoms with Crippen molar-refractivity contribution in [1.82, 2.24) is 10.1 Å². The molecule has 6 nitrogen and oxygen atoms in total. The van der Waals surface area contributed by atoms with Gasteiger partial charge in [0, 0.05) is 25.2 Å². The van der Waals surface area contributed by atoms with E-state index in [1.807, 2.05) is 0 Å². The van der Waals surface area contributed by atoms with E-state index in [9.17, 15) is 14.0 Å². The van der Waals surface area contributed by atoms with Crippen LogP contribution < -0.4 is 5.32 Å². The third-order valence-corrected chi connectivity index (χ3v) is 4.62. The van der Waals surface area contributed by atoms with Crippen molar-refractivity contribution in [3.05, 3.63) is 47.5 Å². The minimum atomic E-state index is -0.442. The number of aryl methyl sites for hydroxylation is 1. The van der Waals surface area contributed by atoms with Crippen LogP contribution in [0.5, 0.6) is 0 Å². The summed E-state index contributed by atoms with van der Waals surface area (Å²) in [4.78, 5) is 25.7. The lowest BCUT2D eigenvalue weighted by molar-refractivity contribution is -0.127. The monoisotopic (exact) mass is 365 g/mol. The molecule has 1 N–H and O–H groups in total. The highest BCUT2D eigenvalue weighted by Gasteiger charge is 2.18. The fourth-order valence-corrected chi connectivity index (χ4v) is 2.83. The molecule has 2 rings (SSSR count). The Hall–Kier alpha value is -2.35. The van der Waals surface area contributed by atoms with Crippen LogP contribution in [0.4, 0.5) is 10.2 Å². The van der Waals surface area contributed by atoms with Crippen LogP contribution in [0.15, 0.2) is 34.9 Å². The zero-order chi connectivity index (χ0) is 18.4. The van der Waals surface area contributed by atoms with Crippen molar-refractivity contribution < 1.29 is 18.5 Å². The summed E-state index contributed by atoms with van der Waals surface area (Å²) in [6, 6.07) is 7.95. The van der Waals surface area contributed by atoms with Gasteiger partial charge in [-0.2, -0.15) is 0 Å². The Kier molecular flexibility index (Phi) is 6.58. The predicted molar refractivity (Wildman–Crippen MR) is 94.7 cm³/mol. The van der Waals surface area contributed by atoms with Crippen LogP contribution in [-0.2, 0) is 16.1 Å². The molecule has 0 aliphatic carbocycles. The topological polar surface area (TPSA) is 75.4 Å². The first-order valence-corrected chi connectivity index (χ1v) is 8.75. The molecule has 1 atom stereocenters. The summed E-state index contributed by atoms with van der Waals surface area (Å²) in [5, 5.41) is 5.87. The number of nitrogens with zero attached hydrogens (tertiary/aromatic N) is 2. The second-order valence-electron chi connectivity index (χ2n) is 5.61. The molecule has 2 aromatic rings. The molecule has 134 valence electrons. The summed E-state index contributed by atoms with van der Waals surface area (Å²) in [5.74, 6) is 0.286. The Morgan fingerprint density at radius 1 is 1.40 bits per heavy atom. The van der Waals surface area contributed by atoms with Gasteiger partial charge < -0.3 is 14.7 Å². The van der Waals surface area contributed by atoms with Gasteiger partial charge in [-0.15, -0.1) is 11.8 Å². The van der Waals surface area contributed by atoms with Crippen LogP contribution in [-0.4, -0.2) is 39.9 Å². The van der Waals surface area contributed by atoms with Crippen molar-refractivity contribution in [2.24, 2.45) is 0 Å². The van der Waals surface area contributed by atoms with E-state index in [1.54, 1.807) is 45.2 Å². The normalized spacial score (nSPS) is 11.8. The highest BCUT2D eigenvalue weighted by atomic mass is 32.2. The second-order valence-corrected chi connectivity index (χ2v) is 6.94. The van der Waals surface area contributed by atoms with Crippen LogP contribution in [0.2, 0.25) is 0 Å². The number of amides is 2. The van der Waals surface area contributed by atoms with Gasteiger partial charge in [-0.05, 0) is 19.9 Å². The number of halogens is 1. The van der Waals surface area contributed by atoms with Gasteiger partial charge in [0.05, 0.1) is 11.0 Å². The summed E-state index contributed by atoms with van der Waals surface area (Å²) >= 11 is 1.21. The molecule has 0 saturated heterocycles. The second kappa shape index (κ2) is 8.66. The fourth-order valence-electron chi connectivity index (χ4n) is 2.01. The number of benzene rings is 1. The molecule has 0 spiro atoms. The highest BCUT2D eigenvalue weighted by Crippen LogP contribution is 2.16. The third-order valence-electron chi connectivity index (χ3n) is 3.50. The molecule has 0 bridgehead atoms. The van der Waals surface area contributed by atoms with Crippen LogP contribution in [0.1, 0.15) is 18.2 Å². The maximum Gasteiger partial charge on any atom is 0.238 e. The number of nitrogens with one attached hydrogen (secondary N) is 1. The van der Waals surface area contributed by atoms with Gasteiger partial charge in [0.1, 0.15) is 11.6 Å². The van der Waals surface area contributed by atoms with E-state index in [-0.39, 0.29) is 29.9 Å². The minimum Gasteiger partial charge on any atom is -0.360 e. The van der Waals surface area contributed by atoms with E-state index >= 15 is 0 Å². The zero-order valence-corrected chi connectivity index (χ0v) is 15.1. The number of aromatic nitrogens is 1. The van der Waals surface area contributed by atoms with Crippen molar-refractivity contribution in [3.8, 4) is 0 Å². The van der Waals surface area contributed by atoms with E-state index in [2.05, 4.69) is 10.5 Å². The number of carbonyl (C=O) groups excluding carboxylic acids is 2. The van der Waals surface area contributed by atoms with E-state index in [0.29, 0.717) is 17.1 Å². The average Bonchev–Trinajstić information content (AvgIpc) is 2.99. The van der Waals surface area contributed by atoms with Crippen molar-refractivity contribution in [2.75, 3.05) is 18.1 Å². The van der Waals surface area contributed by atoms with E-state index < -0.39 is 5.25 Å². The molecule has 1 aromatic carbocycles. The van der Waals surface area contributed by atoms with Crippen molar-refractivity contribution in [3.63, 3.8) is 0 Å². The molecular formula is C17H20FN3O3S. The standard InChI is InChI=1S/C17H20FN3O3S/c1-11-8-15(20-24-11)19-17(23)12(2)25-10-16(22)21(3)9-13-6-4-5-7-14(13)18/h4-8,12H,9-10H2,1-3H3,(H,19,20,23)/t12-/m0/s1. The van der Waals surface area contributed by atoms with Gasteiger partial charge in [0.25, 0.3) is 0 Å². The molecule has 0 radical (unpaired) electrons. The molecule has 0 unspecified atom stereocenters.